The molecule has 20 heavy (non-hydrogen) atoms. The van der Waals surface area contributed by atoms with Gasteiger partial charge in [-0.3, -0.25) is 4.68 Å². The van der Waals surface area contributed by atoms with E-state index in [1.54, 1.807) is 0 Å². The van der Waals surface area contributed by atoms with Crippen LogP contribution in [0.1, 0.15) is 23.6 Å². The molecular formula is C16H23N3O. The van der Waals surface area contributed by atoms with Crippen LogP contribution < -0.4 is 5.73 Å². The molecule has 3 N–H and O–H groups in total. The van der Waals surface area contributed by atoms with Crippen molar-refractivity contribution in [1.29, 1.82) is 0 Å². The average molecular weight is 273 g/mol. The van der Waals surface area contributed by atoms with E-state index in [0.717, 1.165) is 17.7 Å². The van der Waals surface area contributed by atoms with Crippen molar-refractivity contribution in [2.45, 2.75) is 32.2 Å². The molecule has 0 saturated carbocycles. The minimum Gasteiger partial charge on any atom is -0.395 e. The molecule has 2 rings (SSSR count). The summed E-state index contributed by atoms with van der Waals surface area (Å²) in [4.78, 5) is 0. The van der Waals surface area contributed by atoms with Crippen LogP contribution in [0.25, 0.3) is 0 Å². The van der Waals surface area contributed by atoms with E-state index in [-0.39, 0.29) is 6.61 Å². The number of rotatable bonds is 6. The van der Waals surface area contributed by atoms with Crippen molar-refractivity contribution in [2.24, 2.45) is 5.73 Å². The molecule has 1 atom stereocenters. The summed E-state index contributed by atoms with van der Waals surface area (Å²) in [6.07, 6.45) is 4.58. The van der Waals surface area contributed by atoms with Crippen LogP contribution in [-0.2, 0) is 18.4 Å². The Kier molecular flexibility index (Phi) is 4.57. The Morgan fingerprint density at radius 2 is 2.00 bits per heavy atom. The number of hydrogen-bond donors (Lipinski definition) is 2. The zero-order valence-electron chi connectivity index (χ0n) is 12.2. The van der Waals surface area contributed by atoms with Gasteiger partial charge in [0.15, 0.2) is 0 Å². The van der Waals surface area contributed by atoms with Crippen molar-refractivity contribution in [2.75, 3.05) is 13.2 Å². The number of aromatic nitrogens is 2. The topological polar surface area (TPSA) is 64.1 Å². The molecule has 2 aromatic rings. The standard InChI is InChI=1S/C16H23N3O/c1-3-19-10-14(9-18-19)8-16(11-17,12-20)15-6-4-13(2)5-7-15/h4-7,9-10,20H,3,8,11-12,17H2,1-2H3. The first-order valence-electron chi connectivity index (χ1n) is 7.03. The fourth-order valence-electron chi connectivity index (χ4n) is 2.47. The molecule has 0 aliphatic carbocycles. The summed E-state index contributed by atoms with van der Waals surface area (Å²) in [5.41, 5.74) is 8.94. The first-order chi connectivity index (χ1) is 9.63. The van der Waals surface area contributed by atoms with E-state index in [4.69, 9.17) is 5.73 Å². The lowest BCUT2D eigenvalue weighted by Gasteiger charge is -2.31. The summed E-state index contributed by atoms with van der Waals surface area (Å²) in [7, 11) is 0. The van der Waals surface area contributed by atoms with Crippen molar-refractivity contribution < 1.29 is 5.11 Å². The summed E-state index contributed by atoms with van der Waals surface area (Å²) in [5, 5.41) is 14.2. The van der Waals surface area contributed by atoms with E-state index in [0.29, 0.717) is 13.0 Å². The van der Waals surface area contributed by atoms with Gasteiger partial charge >= 0.3 is 0 Å². The molecule has 0 radical (unpaired) electrons. The molecule has 1 aromatic carbocycles. The van der Waals surface area contributed by atoms with Crippen LogP contribution in [0.2, 0.25) is 0 Å². The van der Waals surface area contributed by atoms with E-state index >= 15 is 0 Å². The van der Waals surface area contributed by atoms with Gasteiger partial charge < -0.3 is 10.8 Å². The van der Waals surface area contributed by atoms with Crippen LogP contribution in [0.5, 0.6) is 0 Å². The van der Waals surface area contributed by atoms with Gasteiger partial charge in [-0.15, -0.1) is 0 Å². The Hall–Kier alpha value is -1.65. The second-order valence-corrected chi connectivity index (χ2v) is 5.39. The van der Waals surface area contributed by atoms with Crippen LogP contribution in [0, 0.1) is 6.92 Å². The van der Waals surface area contributed by atoms with Crippen LogP contribution in [0.3, 0.4) is 0 Å². The maximum Gasteiger partial charge on any atom is 0.0543 e. The van der Waals surface area contributed by atoms with Crippen molar-refractivity contribution in [3.05, 3.63) is 53.3 Å². The molecule has 0 saturated heterocycles. The van der Waals surface area contributed by atoms with Crippen molar-refractivity contribution in [3.63, 3.8) is 0 Å². The number of aliphatic hydroxyl groups is 1. The van der Waals surface area contributed by atoms with Gasteiger partial charge in [-0.25, -0.2) is 0 Å². The zero-order valence-corrected chi connectivity index (χ0v) is 12.2. The summed E-state index contributed by atoms with van der Waals surface area (Å²) in [6.45, 7) is 5.39. The fraction of sp³-hybridized carbons (Fsp3) is 0.438. The first kappa shape index (κ1) is 14.8. The number of hydrogen-bond acceptors (Lipinski definition) is 3. The van der Waals surface area contributed by atoms with E-state index in [2.05, 4.69) is 43.2 Å². The van der Waals surface area contributed by atoms with Gasteiger partial charge in [0.2, 0.25) is 0 Å². The Morgan fingerprint density at radius 3 is 2.50 bits per heavy atom. The van der Waals surface area contributed by atoms with Crippen molar-refractivity contribution in [1.82, 2.24) is 9.78 Å². The van der Waals surface area contributed by atoms with Gasteiger partial charge in [-0.05, 0) is 31.4 Å². The van der Waals surface area contributed by atoms with Crippen molar-refractivity contribution in [3.8, 4) is 0 Å². The lowest BCUT2D eigenvalue weighted by atomic mass is 9.76. The molecular weight excluding hydrogens is 250 g/mol. The second-order valence-electron chi connectivity index (χ2n) is 5.39. The summed E-state index contributed by atoms with van der Waals surface area (Å²) < 4.78 is 1.89. The van der Waals surface area contributed by atoms with E-state index < -0.39 is 5.41 Å². The molecule has 1 heterocycles. The Labute approximate surface area is 120 Å². The molecule has 4 nitrogen and oxygen atoms in total. The van der Waals surface area contributed by atoms with E-state index in [1.165, 1.54) is 5.56 Å². The quantitative estimate of drug-likeness (QED) is 0.841. The SMILES string of the molecule is CCn1cc(CC(CN)(CO)c2ccc(C)cc2)cn1. The lowest BCUT2D eigenvalue weighted by Crippen LogP contribution is -2.40. The summed E-state index contributed by atoms with van der Waals surface area (Å²) in [5.74, 6) is 0. The molecule has 0 amide bonds. The number of aryl methyl sites for hydroxylation is 2. The maximum atomic E-state index is 9.92. The molecule has 1 unspecified atom stereocenters. The number of aliphatic hydroxyl groups excluding tert-OH is 1. The van der Waals surface area contributed by atoms with E-state index in [1.807, 2.05) is 17.1 Å². The highest BCUT2D eigenvalue weighted by Crippen LogP contribution is 2.27. The van der Waals surface area contributed by atoms with Gasteiger partial charge in [0, 0.05) is 24.7 Å². The van der Waals surface area contributed by atoms with Gasteiger partial charge in [-0.2, -0.15) is 5.10 Å². The molecule has 4 heteroatoms. The number of nitrogens with two attached hydrogens (primary N) is 1. The minimum atomic E-state index is -0.435. The van der Waals surface area contributed by atoms with Gasteiger partial charge in [0.05, 0.1) is 12.8 Å². The number of nitrogens with zero attached hydrogens (tertiary/aromatic N) is 2. The summed E-state index contributed by atoms with van der Waals surface area (Å²) in [6, 6.07) is 8.24. The van der Waals surface area contributed by atoms with E-state index in [9.17, 15) is 5.11 Å². The zero-order chi connectivity index (χ0) is 14.6. The van der Waals surface area contributed by atoms with Gasteiger partial charge in [0.1, 0.15) is 0 Å². The normalized spacial score (nSPS) is 14.2. The molecule has 1 aromatic heterocycles. The largest absolute Gasteiger partial charge is 0.395 e. The Bertz CT molecular complexity index is 541. The van der Waals surface area contributed by atoms with Crippen LogP contribution in [-0.4, -0.2) is 28.0 Å². The molecule has 0 spiro atoms. The highest BCUT2D eigenvalue weighted by molar-refractivity contribution is 5.31. The Balaban J connectivity index is 2.31. The lowest BCUT2D eigenvalue weighted by molar-refractivity contribution is 0.196. The third-order valence-corrected chi connectivity index (χ3v) is 3.91. The predicted octanol–water partition coefficient (Wildman–Crippen LogP) is 1.64. The smallest absolute Gasteiger partial charge is 0.0543 e. The van der Waals surface area contributed by atoms with Crippen LogP contribution >= 0.6 is 0 Å². The third-order valence-electron chi connectivity index (χ3n) is 3.91. The molecule has 0 bridgehead atoms. The minimum absolute atomic E-state index is 0.0316. The first-order valence-corrected chi connectivity index (χ1v) is 7.03. The van der Waals surface area contributed by atoms with Crippen LogP contribution in [0.15, 0.2) is 36.7 Å². The highest BCUT2D eigenvalue weighted by Gasteiger charge is 2.31. The molecule has 0 fully saturated rings. The molecule has 108 valence electrons. The number of benzene rings is 1. The van der Waals surface area contributed by atoms with Gasteiger partial charge in [-0.1, -0.05) is 29.8 Å². The molecule has 0 aliphatic rings. The van der Waals surface area contributed by atoms with Crippen molar-refractivity contribution >= 4 is 0 Å². The predicted molar refractivity (Wildman–Crippen MR) is 80.6 cm³/mol. The highest BCUT2D eigenvalue weighted by atomic mass is 16.3. The third kappa shape index (κ3) is 2.92. The summed E-state index contributed by atoms with van der Waals surface area (Å²) >= 11 is 0. The maximum absolute atomic E-state index is 9.92. The van der Waals surface area contributed by atoms with Crippen LogP contribution in [0.4, 0.5) is 0 Å². The monoisotopic (exact) mass is 273 g/mol. The Morgan fingerprint density at radius 1 is 1.30 bits per heavy atom. The average Bonchev–Trinajstić information content (AvgIpc) is 2.93. The van der Waals surface area contributed by atoms with Gasteiger partial charge in [0.25, 0.3) is 0 Å². The molecule has 0 aliphatic heterocycles. The second kappa shape index (κ2) is 6.20. The fourth-order valence-corrected chi connectivity index (χ4v) is 2.47.